The molecule has 0 radical (unpaired) electrons. The molecule has 5 nitrogen and oxygen atoms in total. The fourth-order valence-electron chi connectivity index (χ4n) is 3.22. The van der Waals surface area contributed by atoms with Crippen LogP contribution in [-0.4, -0.2) is 34.7 Å². The zero-order valence-electron chi connectivity index (χ0n) is 14.9. The molecule has 2 amide bonds. The van der Waals surface area contributed by atoms with E-state index in [2.05, 4.69) is 0 Å². The van der Waals surface area contributed by atoms with Gasteiger partial charge in [-0.1, -0.05) is 42.5 Å². The molecule has 1 aliphatic heterocycles. The zero-order valence-corrected chi connectivity index (χ0v) is 14.9. The maximum atomic E-state index is 12.9. The smallest absolute Gasteiger partial charge is 0.416 e. The molecule has 2 atom stereocenters. The first-order chi connectivity index (χ1) is 13.0. The molecule has 0 spiro atoms. The maximum absolute atomic E-state index is 12.9. The van der Waals surface area contributed by atoms with E-state index < -0.39 is 12.2 Å². The summed E-state index contributed by atoms with van der Waals surface area (Å²) in [5, 5.41) is 10.1. The average molecular weight is 371 g/mol. The Bertz CT molecular complexity index is 779. The Labute approximate surface area is 157 Å². The number of halogens is 1. The second kappa shape index (κ2) is 8.77. The van der Waals surface area contributed by atoms with Crippen LogP contribution in [0.2, 0.25) is 0 Å². The van der Waals surface area contributed by atoms with Crippen LogP contribution in [0.15, 0.2) is 54.6 Å². The number of hydrogen-bond acceptors (Lipinski definition) is 4. The third-order valence-corrected chi connectivity index (χ3v) is 4.67. The predicted molar refractivity (Wildman–Crippen MR) is 97.3 cm³/mol. The minimum Gasteiger partial charge on any atom is -0.447 e. The fraction of sp³-hybridized carbons (Fsp3) is 0.333. The number of aliphatic hydroxyl groups excluding tert-OH is 1. The molecule has 1 aliphatic rings. The van der Waals surface area contributed by atoms with Crippen LogP contribution in [0.4, 0.5) is 9.18 Å². The largest absolute Gasteiger partial charge is 0.447 e. The lowest BCUT2D eigenvalue weighted by Gasteiger charge is -2.20. The van der Waals surface area contributed by atoms with Crippen molar-refractivity contribution in [2.45, 2.75) is 37.8 Å². The van der Waals surface area contributed by atoms with Gasteiger partial charge in [-0.25, -0.2) is 14.1 Å². The first kappa shape index (κ1) is 19.0. The van der Waals surface area contributed by atoms with Gasteiger partial charge in [0.05, 0.1) is 12.1 Å². The van der Waals surface area contributed by atoms with E-state index in [0.29, 0.717) is 24.8 Å². The van der Waals surface area contributed by atoms with Gasteiger partial charge in [0.1, 0.15) is 12.4 Å². The lowest BCUT2D eigenvalue weighted by Crippen LogP contribution is -2.40. The van der Waals surface area contributed by atoms with Gasteiger partial charge in [-0.3, -0.25) is 4.79 Å². The Morgan fingerprint density at radius 1 is 1.19 bits per heavy atom. The quantitative estimate of drug-likeness (QED) is 0.807. The molecule has 1 fully saturated rings. The highest BCUT2D eigenvalue weighted by Gasteiger charge is 2.37. The van der Waals surface area contributed by atoms with Gasteiger partial charge in [-0.15, -0.1) is 0 Å². The zero-order chi connectivity index (χ0) is 19.2. The third-order valence-electron chi connectivity index (χ3n) is 4.67. The van der Waals surface area contributed by atoms with E-state index in [0.717, 1.165) is 5.56 Å². The number of ether oxygens (including phenoxy) is 1. The lowest BCUT2D eigenvalue weighted by atomic mass is 10.0. The van der Waals surface area contributed by atoms with Crippen molar-refractivity contribution in [2.24, 2.45) is 0 Å². The molecule has 0 bridgehead atoms. The molecular formula is C21H22FNO4. The molecule has 0 aliphatic carbocycles. The van der Waals surface area contributed by atoms with Gasteiger partial charge in [-0.2, -0.15) is 0 Å². The number of benzene rings is 2. The molecule has 1 unspecified atom stereocenters. The first-order valence-electron chi connectivity index (χ1n) is 9.01. The molecular weight excluding hydrogens is 349 g/mol. The van der Waals surface area contributed by atoms with E-state index in [1.54, 1.807) is 0 Å². The van der Waals surface area contributed by atoms with Gasteiger partial charge in [0.15, 0.2) is 0 Å². The van der Waals surface area contributed by atoms with Crippen LogP contribution in [0.25, 0.3) is 0 Å². The standard InChI is InChI=1S/C21H22FNO4/c22-17-11-9-16(10-12-17)19(24)7-4-8-20(25)23-18(14-27-21(23)26)13-15-5-2-1-3-6-15/h1-3,5-6,9-12,18-19,24H,4,7-8,13-14H2/t18?,19-/m0/s1. The minimum absolute atomic E-state index is 0.138. The number of carbonyl (C=O) groups is 2. The van der Waals surface area contributed by atoms with Crippen LogP contribution in [0, 0.1) is 5.82 Å². The summed E-state index contributed by atoms with van der Waals surface area (Å²) >= 11 is 0. The van der Waals surface area contributed by atoms with E-state index in [1.807, 2.05) is 30.3 Å². The molecule has 3 rings (SSSR count). The number of aliphatic hydroxyl groups is 1. The number of rotatable bonds is 7. The van der Waals surface area contributed by atoms with Crippen LogP contribution in [0.1, 0.15) is 36.5 Å². The molecule has 6 heteroatoms. The molecule has 142 valence electrons. The van der Waals surface area contributed by atoms with E-state index in [-0.39, 0.29) is 30.8 Å². The maximum Gasteiger partial charge on any atom is 0.416 e. The Morgan fingerprint density at radius 2 is 1.89 bits per heavy atom. The molecule has 0 aromatic heterocycles. The summed E-state index contributed by atoms with van der Waals surface area (Å²) in [6.07, 6.45) is 0.0712. The summed E-state index contributed by atoms with van der Waals surface area (Å²) in [6, 6.07) is 15.0. The predicted octanol–water partition coefficient (Wildman–Crippen LogP) is 3.62. The molecule has 2 aromatic rings. The highest BCUT2D eigenvalue weighted by molar-refractivity contribution is 5.93. The minimum atomic E-state index is -0.774. The summed E-state index contributed by atoms with van der Waals surface area (Å²) in [5.41, 5.74) is 1.64. The van der Waals surface area contributed by atoms with Crippen LogP contribution >= 0.6 is 0 Å². The third kappa shape index (κ3) is 4.92. The Morgan fingerprint density at radius 3 is 2.59 bits per heavy atom. The van der Waals surface area contributed by atoms with Gasteiger partial charge in [0.2, 0.25) is 5.91 Å². The molecule has 27 heavy (non-hydrogen) atoms. The molecule has 2 aromatic carbocycles. The highest BCUT2D eigenvalue weighted by Crippen LogP contribution is 2.22. The monoisotopic (exact) mass is 371 g/mol. The average Bonchev–Trinajstić information content (AvgIpc) is 3.03. The van der Waals surface area contributed by atoms with Crippen molar-refractivity contribution in [3.05, 3.63) is 71.5 Å². The van der Waals surface area contributed by atoms with E-state index in [1.165, 1.54) is 29.2 Å². The number of amides is 2. The fourth-order valence-corrected chi connectivity index (χ4v) is 3.22. The van der Waals surface area contributed by atoms with Crippen molar-refractivity contribution in [2.75, 3.05) is 6.61 Å². The highest BCUT2D eigenvalue weighted by atomic mass is 19.1. The molecule has 1 heterocycles. The number of nitrogens with zero attached hydrogens (tertiary/aromatic N) is 1. The Hall–Kier alpha value is -2.73. The van der Waals surface area contributed by atoms with Crippen molar-refractivity contribution in [1.29, 1.82) is 0 Å². The van der Waals surface area contributed by atoms with E-state index in [9.17, 15) is 19.1 Å². The SMILES string of the molecule is O=C(CCC[C@H](O)c1ccc(F)cc1)N1C(=O)OCC1Cc1ccccc1. The van der Waals surface area contributed by atoms with Gasteiger partial charge < -0.3 is 9.84 Å². The Kier molecular flexibility index (Phi) is 6.19. The topological polar surface area (TPSA) is 66.8 Å². The van der Waals surface area contributed by atoms with Gasteiger partial charge in [-0.05, 0) is 42.5 Å². The van der Waals surface area contributed by atoms with Crippen molar-refractivity contribution in [3.8, 4) is 0 Å². The second-order valence-electron chi connectivity index (χ2n) is 6.64. The van der Waals surface area contributed by atoms with Gasteiger partial charge in [0.25, 0.3) is 0 Å². The molecule has 0 saturated carbocycles. The number of imide groups is 1. The van der Waals surface area contributed by atoms with E-state index in [4.69, 9.17) is 4.74 Å². The van der Waals surface area contributed by atoms with Crippen LogP contribution < -0.4 is 0 Å². The lowest BCUT2D eigenvalue weighted by molar-refractivity contribution is -0.129. The van der Waals surface area contributed by atoms with Crippen molar-refractivity contribution in [3.63, 3.8) is 0 Å². The summed E-state index contributed by atoms with van der Waals surface area (Å²) in [4.78, 5) is 25.7. The number of hydrogen-bond donors (Lipinski definition) is 1. The Balaban J connectivity index is 1.52. The van der Waals surface area contributed by atoms with Crippen LogP contribution in [0.3, 0.4) is 0 Å². The summed E-state index contributed by atoms with van der Waals surface area (Å²) in [6.45, 7) is 0.192. The summed E-state index contributed by atoms with van der Waals surface area (Å²) in [7, 11) is 0. The van der Waals surface area contributed by atoms with Gasteiger partial charge in [0, 0.05) is 6.42 Å². The number of carbonyl (C=O) groups excluding carboxylic acids is 2. The summed E-state index contributed by atoms with van der Waals surface area (Å²) in [5.74, 6) is -0.664. The first-order valence-corrected chi connectivity index (χ1v) is 9.01. The van der Waals surface area contributed by atoms with Crippen LogP contribution in [-0.2, 0) is 16.0 Å². The van der Waals surface area contributed by atoms with Crippen molar-refractivity contribution >= 4 is 12.0 Å². The normalized spacial score (nSPS) is 17.6. The van der Waals surface area contributed by atoms with E-state index >= 15 is 0 Å². The second-order valence-corrected chi connectivity index (χ2v) is 6.64. The number of cyclic esters (lactones) is 1. The van der Waals surface area contributed by atoms with Gasteiger partial charge >= 0.3 is 6.09 Å². The molecule has 1 N–H and O–H groups in total. The summed E-state index contributed by atoms with van der Waals surface area (Å²) < 4.78 is 18.0. The van der Waals surface area contributed by atoms with Crippen molar-refractivity contribution < 1.29 is 23.8 Å². The molecule has 1 saturated heterocycles. The van der Waals surface area contributed by atoms with Crippen LogP contribution in [0.5, 0.6) is 0 Å². The van der Waals surface area contributed by atoms with Crippen molar-refractivity contribution in [1.82, 2.24) is 4.90 Å².